The van der Waals surface area contributed by atoms with Crippen molar-refractivity contribution in [2.75, 3.05) is 19.8 Å². The average Bonchev–Trinajstić information content (AvgIpc) is 2.53. The summed E-state index contributed by atoms with van der Waals surface area (Å²) in [4.78, 5) is 15.0. The van der Waals surface area contributed by atoms with Crippen molar-refractivity contribution in [1.29, 1.82) is 0 Å². The van der Waals surface area contributed by atoms with Crippen LogP contribution in [0.1, 0.15) is 11.1 Å². The van der Waals surface area contributed by atoms with Crippen LogP contribution in [0.25, 0.3) is 0 Å². The molecule has 2 rings (SSSR count). The van der Waals surface area contributed by atoms with Crippen molar-refractivity contribution in [2.45, 2.75) is 18.0 Å². The number of thioether (sulfide) groups is 1. The van der Waals surface area contributed by atoms with Gasteiger partial charge in [0, 0.05) is 18.0 Å². The van der Waals surface area contributed by atoms with Crippen LogP contribution in [0, 0.1) is 5.82 Å². The van der Waals surface area contributed by atoms with Gasteiger partial charge in [0.15, 0.2) is 0 Å². The molecular formula is C18H21FN2OS. The van der Waals surface area contributed by atoms with E-state index >= 15 is 0 Å². The van der Waals surface area contributed by atoms with Crippen molar-refractivity contribution < 1.29 is 9.18 Å². The van der Waals surface area contributed by atoms with E-state index in [0.717, 1.165) is 17.0 Å². The minimum Gasteiger partial charge on any atom is -0.351 e. The molecule has 1 N–H and O–H groups in total. The highest BCUT2D eigenvalue weighted by Gasteiger charge is 2.06. The Hall–Kier alpha value is -1.85. The molecule has 0 bridgehead atoms. The molecule has 0 saturated carbocycles. The number of nitrogens with zero attached hydrogens (tertiary/aromatic N) is 1. The first-order chi connectivity index (χ1) is 11.0. The van der Waals surface area contributed by atoms with Crippen LogP contribution >= 0.6 is 11.8 Å². The van der Waals surface area contributed by atoms with Gasteiger partial charge >= 0.3 is 0 Å². The Bertz CT molecular complexity index is 644. The third-order valence-corrected chi connectivity index (χ3v) is 4.28. The zero-order valence-electron chi connectivity index (χ0n) is 13.4. The zero-order valence-corrected chi connectivity index (χ0v) is 14.2. The molecule has 23 heavy (non-hydrogen) atoms. The number of halogens is 1. The molecule has 0 fully saturated rings. The van der Waals surface area contributed by atoms with Crippen LogP contribution in [-0.4, -0.2) is 30.7 Å². The van der Waals surface area contributed by atoms with E-state index < -0.39 is 0 Å². The monoisotopic (exact) mass is 332 g/mol. The molecular weight excluding hydrogens is 311 g/mol. The van der Waals surface area contributed by atoms with Crippen LogP contribution in [0.5, 0.6) is 0 Å². The van der Waals surface area contributed by atoms with Crippen molar-refractivity contribution in [2.24, 2.45) is 0 Å². The number of hydrogen-bond acceptors (Lipinski definition) is 3. The van der Waals surface area contributed by atoms with Crippen LogP contribution in [0.15, 0.2) is 53.4 Å². The molecule has 0 aliphatic heterocycles. The summed E-state index contributed by atoms with van der Waals surface area (Å²) >= 11 is 1.40. The Morgan fingerprint density at radius 1 is 1.09 bits per heavy atom. The first kappa shape index (κ1) is 17.5. The number of hydrogen-bond donors (Lipinski definition) is 1. The maximum Gasteiger partial charge on any atom is 0.230 e. The number of nitrogens with one attached hydrogen (secondary N) is 1. The fraction of sp³-hybridized carbons (Fsp3) is 0.278. The van der Waals surface area contributed by atoms with Gasteiger partial charge in [-0.15, -0.1) is 11.8 Å². The number of benzene rings is 2. The minimum absolute atomic E-state index is 0.0287. The first-order valence-electron chi connectivity index (χ1n) is 7.41. The lowest BCUT2D eigenvalue weighted by Crippen LogP contribution is -2.25. The van der Waals surface area contributed by atoms with Crippen molar-refractivity contribution >= 4 is 17.7 Å². The van der Waals surface area contributed by atoms with E-state index in [1.54, 1.807) is 12.1 Å². The van der Waals surface area contributed by atoms with Gasteiger partial charge in [0.2, 0.25) is 5.91 Å². The van der Waals surface area contributed by atoms with E-state index in [1.807, 2.05) is 32.3 Å². The van der Waals surface area contributed by atoms with Gasteiger partial charge in [-0.25, -0.2) is 4.39 Å². The normalized spacial score (nSPS) is 10.8. The highest BCUT2D eigenvalue weighted by molar-refractivity contribution is 8.00. The second-order valence-electron chi connectivity index (χ2n) is 5.53. The lowest BCUT2D eigenvalue weighted by Gasteiger charge is -2.14. The summed E-state index contributed by atoms with van der Waals surface area (Å²) in [6, 6.07) is 14.3. The first-order valence-corrected chi connectivity index (χ1v) is 8.40. The SMILES string of the molecule is CN(C)Cc1ccccc1CNC(=O)CSc1ccc(F)cc1. The highest BCUT2D eigenvalue weighted by atomic mass is 32.2. The van der Waals surface area contributed by atoms with Crippen molar-refractivity contribution in [3.63, 3.8) is 0 Å². The molecule has 3 nitrogen and oxygen atoms in total. The Morgan fingerprint density at radius 3 is 2.39 bits per heavy atom. The quantitative estimate of drug-likeness (QED) is 0.790. The van der Waals surface area contributed by atoms with Gasteiger partial charge in [-0.05, 0) is 49.5 Å². The van der Waals surface area contributed by atoms with Gasteiger partial charge in [0.05, 0.1) is 5.75 Å². The summed E-state index contributed by atoms with van der Waals surface area (Å²) in [7, 11) is 4.05. The molecule has 122 valence electrons. The Kier molecular flexibility index (Phi) is 6.62. The van der Waals surface area contributed by atoms with Gasteiger partial charge in [0.1, 0.15) is 5.82 Å². The summed E-state index contributed by atoms with van der Waals surface area (Å²) in [5, 5.41) is 2.94. The predicted molar refractivity (Wildman–Crippen MR) is 92.8 cm³/mol. The molecule has 0 atom stereocenters. The maximum absolute atomic E-state index is 12.8. The molecule has 0 unspecified atom stereocenters. The largest absolute Gasteiger partial charge is 0.351 e. The summed E-state index contributed by atoms with van der Waals surface area (Å²) in [5.41, 5.74) is 2.34. The van der Waals surface area contributed by atoms with Crippen LogP contribution < -0.4 is 5.32 Å². The van der Waals surface area contributed by atoms with Crippen LogP contribution in [0.3, 0.4) is 0 Å². The fourth-order valence-electron chi connectivity index (χ4n) is 2.15. The zero-order chi connectivity index (χ0) is 16.7. The summed E-state index contributed by atoms with van der Waals surface area (Å²) in [6.07, 6.45) is 0. The van der Waals surface area contributed by atoms with Crippen LogP contribution in [0.4, 0.5) is 4.39 Å². The molecule has 1 amide bonds. The molecule has 0 spiro atoms. The molecule has 0 radical (unpaired) electrons. The van der Waals surface area contributed by atoms with E-state index in [0.29, 0.717) is 12.3 Å². The van der Waals surface area contributed by atoms with Gasteiger partial charge in [-0.1, -0.05) is 24.3 Å². The van der Waals surface area contributed by atoms with Crippen LogP contribution in [-0.2, 0) is 17.9 Å². The van der Waals surface area contributed by atoms with Gasteiger partial charge in [-0.3, -0.25) is 4.79 Å². The number of carbonyl (C=O) groups excluding carboxylic acids is 1. The maximum atomic E-state index is 12.8. The van der Waals surface area contributed by atoms with Gasteiger partial charge in [0.25, 0.3) is 0 Å². The van der Waals surface area contributed by atoms with Gasteiger partial charge in [-0.2, -0.15) is 0 Å². The third kappa shape index (κ3) is 6.04. The average molecular weight is 332 g/mol. The summed E-state index contributed by atoms with van der Waals surface area (Å²) in [5.74, 6) is 0.0249. The van der Waals surface area contributed by atoms with E-state index in [4.69, 9.17) is 0 Å². The second-order valence-corrected chi connectivity index (χ2v) is 6.57. The Morgan fingerprint density at radius 2 is 1.74 bits per heavy atom. The van der Waals surface area contributed by atoms with E-state index in [9.17, 15) is 9.18 Å². The second kappa shape index (κ2) is 8.70. The van der Waals surface area contributed by atoms with Crippen molar-refractivity contribution in [1.82, 2.24) is 10.2 Å². The number of amides is 1. The van der Waals surface area contributed by atoms with E-state index in [1.165, 1.54) is 29.5 Å². The Balaban J connectivity index is 1.83. The van der Waals surface area contributed by atoms with E-state index in [2.05, 4.69) is 16.3 Å². The minimum atomic E-state index is -0.267. The topological polar surface area (TPSA) is 32.3 Å². The molecule has 2 aromatic rings. The molecule has 0 saturated heterocycles. The smallest absolute Gasteiger partial charge is 0.230 e. The van der Waals surface area contributed by atoms with Crippen LogP contribution in [0.2, 0.25) is 0 Å². The van der Waals surface area contributed by atoms with Crippen molar-refractivity contribution in [3.05, 3.63) is 65.5 Å². The molecule has 5 heteroatoms. The fourth-order valence-corrected chi connectivity index (χ4v) is 2.88. The molecule has 0 aliphatic carbocycles. The third-order valence-electron chi connectivity index (χ3n) is 3.26. The lowest BCUT2D eigenvalue weighted by atomic mass is 10.1. The Labute approximate surface area is 140 Å². The molecule has 0 heterocycles. The summed E-state index contributed by atoms with van der Waals surface area (Å²) < 4.78 is 12.8. The van der Waals surface area contributed by atoms with Gasteiger partial charge < -0.3 is 10.2 Å². The summed E-state index contributed by atoms with van der Waals surface area (Å²) in [6.45, 7) is 1.36. The standard InChI is InChI=1S/C18H21FN2OS/c1-21(2)12-15-6-4-3-5-14(15)11-20-18(22)13-23-17-9-7-16(19)8-10-17/h3-10H,11-13H2,1-2H3,(H,20,22). The lowest BCUT2D eigenvalue weighted by molar-refractivity contribution is -0.118. The van der Waals surface area contributed by atoms with E-state index in [-0.39, 0.29) is 11.7 Å². The molecule has 2 aromatic carbocycles. The highest BCUT2D eigenvalue weighted by Crippen LogP contribution is 2.17. The molecule has 0 aromatic heterocycles. The predicted octanol–water partition coefficient (Wildman–Crippen LogP) is 3.30. The number of rotatable bonds is 7. The molecule has 0 aliphatic rings. The number of carbonyl (C=O) groups is 1. The van der Waals surface area contributed by atoms with Crippen molar-refractivity contribution in [3.8, 4) is 0 Å².